The van der Waals surface area contributed by atoms with Crippen molar-refractivity contribution in [1.29, 1.82) is 0 Å². The topological polar surface area (TPSA) is 64.1 Å². The maximum Gasteiger partial charge on any atom is 0.149 e. The molecule has 0 fully saturated rings. The van der Waals surface area contributed by atoms with Crippen LogP contribution in [0.3, 0.4) is 0 Å². The van der Waals surface area contributed by atoms with E-state index in [0.29, 0.717) is 5.82 Å². The van der Waals surface area contributed by atoms with Gasteiger partial charge in [0.1, 0.15) is 22.7 Å². The van der Waals surface area contributed by atoms with Crippen molar-refractivity contribution in [3.8, 4) is 78.6 Å². The van der Waals surface area contributed by atoms with E-state index >= 15 is 0 Å². The first kappa shape index (κ1) is 51.1. The fraction of sp³-hybridized carbons (Fsp3) is 0.250. The average Bonchev–Trinajstić information content (AvgIpc) is 4.04. The van der Waals surface area contributed by atoms with Gasteiger partial charge in [0.2, 0.25) is 0 Å². The Morgan fingerprint density at radius 3 is 1.56 bits per heavy atom. The minimum atomic E-state index is -0.350. The van der Waals surface area contributed by atoms with Gasteiger partial charge in [-0.15, -0.1) is 0 Å². The van der Waals surface area contributed by atoms with Crippen LogP contribution in [0.15, 0.2) is 180 Å². The fourth-order valence-electron chi connectivity index (χ4n) is 11.1. The lowest BCUT2D eigenvalue weighted by atomic mass is 9.78. The first-order chi connectivity index (χ1) is 36.6. The van der Waals surface area contributed by atoms with Crippen molar-refractivity contribution in [1.82, 2.24) is 14.5 Å². The summed E-state index contributed by atoms with van der Waals surface area (Å²) in [6, 6.07) is 61.1. The van der Waals surface area contributed by atoms with Gasteiger partial charge in [-0.2, -0.15) is 0 Å². The summed E-state index contributed by atoms with van der Waals surface area (Å²) in [5.74, 6) is 1.20. The van der Waals surface area contributed by atoms with E-state index in [1.54, 1.807) is 0 Å². The van der Waals surface area contributed by atoms with E-state index in [-0.39, 0.29) is 33.8 Å². The molecule has 0 spiro atoms. The number of phenols is 1. The number of phenolic OH excluding ortho intramolecular Hbond substituents is 1. The van der Waals surface area contributed by atoms with E-state index in [2.05, 4.69) is 258 Å². The Morgan fingerprint density at radius 1 is 0.455 bits per heavy atom. The summed E-state index contributed by atoms with van der Waals surface area (Å²) < 4.78 is 9.08. The van der Waals surface area contributed by atoms with Crippen LogP contribution in [0.1, 0.15) is 130 Å². The molecule has 1 N–H and O–H groups in total. The van der Waals surface area contributed by atoms with E-state index < -0.39 is 0 Å². The number of hydrogen-bond donors (Lipinski definition) is 1. The normalized spacial score (nSPS) is 12.5. The lowest BCUT2D eigenvalue weighted by Crippen LogP contribution is -2.17. The molecule has 8 aromatic carbocycles. The van der Waals surface area contributed by atoms with Crippen molar-refractivity contribution in [3.63, 3.8) is 0 Å². The van der Waals surface area contributed by atoms with Gasteiger partial charge in [0, 0.05) is 33.7 Å². The number of fused-ring (bicyclic) bond motifs is 4. The molecule has 77 heavy (non-hydrogen) atoms. The standard InChI is InChI=1S/C72H71N3O2/c1-43(2)58-36-50(48-28-30-57-56-29-27-47(45-21-16-14-17-22-45)39-64(56)77-65(57)40-48)37-59(44(3)4)67(58)75-63-26-20-25-55(66(63)74-69(75)60-41-54(71(8,9)10)42-61(68(60)76)72(11,12)13)51-33-52(35-53(34-51)70(5,6)7)62-38-49(31-32-73-62)46-23-18-15-19-24-46/h14-44,76H,1-13H3. The highest BCUT2D eigenvalue weighted by Gasteiger charge is 2.31. The second kappa shape index (κ2) is 19.2. The van der Waals surface area contributed by atoms with Crippen LogP contribution >= 0.6 is 0 Å². The molecule has 0 aliphatic heterocycles. The molecule has 386 valence electrons. The van der Waals surface area contributed by atoms with Crippen molar-refractivity contribution in [2.45, 2.75) is 118 Å². The number of imidazole rings is 1. The molecule has 0 saturated carbocycles. The fourth-order valence-corrected chi connectivity index (χ4v) is 11.1. The number of hydrogen-bond acceptors (Lipinski definition) is 4. The van der Waals surface area contributed by atoms with E-state index in [4.69, 9.17) is 14.4 Å². The summed E-state index contributed by atoms with van der Waals surface area (Å²) in [7, 11) is 0. The summed E-state index contributed by atoms with van der Waals surface area (Å²) in [5.41, 5.74) is 21.1. The minimum absolute atomic E-state index is 0.118. The van der Waals surface area contributed by atoms with Crippen LogP contribution in [0.2, 0.25) is 0 Å². The monoisotopic (exact) mass is 1010 g/mol. The third-order valence-electron chi connectivity index (χ3n) is 15.5. The maximum atomic E-state index is 12.8. The Hall–Kier alpha value is -8.02. The molecule has 5 heteroatoms. The molecule has 3 heterocycles. The van der Waals surface area contributed by atoms with Gasteiger partial charge in [0.05, 0.1) is 28.0 Å². The molecule has 11 aromatic rings. The maximum absolute atomic E-state index is 12.8. The number of aromatic hydroxyl groups is 1. The minimum Gasteiger partial charge on any atom is -0.507 e. The third-order valence-corrected chi connectivity index (χ3v) is 15.5. The lowest BCUT2D eigenvalue weighted by Gasteiger charge is -2.28. The smallest absolute Gasteiger partial charge is 0.149 e. The van der Waals surface area contributed by atoms with Crippen LogP contribution < -0.4 is 0 Å². The Morgan fingerprint density at radius 2 is 1.00 bits per heavy atom. The predicted octanol–water partition coefficient (Wildman–Crippen LogP) is 20.2. The molecule has 0 aliphatic carbocycles. The van der Waals surface area contributed by atoms with Crippen molar-refractivity contribution in [2.75, 3.05) is 0 Å². The van der Waals surface area contributed by atoms with Crippen molar-refractivity contribution >= 4 is 33.0 Å². The molecular formula is C72H71N3O2. The zero-order valence-electron chi connectivity index (χ0n) is 47.1. The van der Waals surface area contributed by atoms with E-state index in [0.717, 1.165) is 111 Å². The second-order valence-electron chi connectivity index (χ2n) is 24.9. The van der Waals surface area contributed by atoms with Gasteiger partial charge in [0.15, 0.2) is 0 Å². The molecule has 0 saturated heterocycles. The zero-order valence-corrected chi connectivity index (χ0v) is 47.1. The van der Waals surface area contributed by atoms with Crippen molar-refractivity contribution < 1.29 is 9.52 Å². The highest BCUT2D eigenvalue weighted by atomic mass is 16.3. The summed E-state index contributed by atoms with van der Waals surface area (Å²) in [6.07, 6.45) is 1.92. The summed E-state index contributed by atoms with van der Waals surface area (Å²) in [6.45, 7) is 29.3. The van der Waals surface area contributed by atoms with Crippen molar-refractivity contribution in [3.05, 3.63) is 204 Å². The van der Waals surface area contributed by atoms with Crippen LogP contribution in [-0.2, 0) is 16.2 Å². The summed E-state index contributed by atoms with van der Waals surface area (Å²) >= 11 is 0. The highest BCUT2D eigenvalue weighted by molar-refractivity contribution is 6.07. The summed E-state index contributed by atoms with van der Waals surface area (Å²) in [5, 5.41) is 15.0. The second-order valence-corrected chi connectivity index (χ2v) is 24.9. The molecule has 5 nitrogen and oxygen atoms in total. The SMILES string of the molecule is CC(C)c1cc(-c2ccc3c(c2)oc2cc(-c4ccccc4)ccc23)cc(C(C)C)c1-n1c(-c2cc(C(C)(C)C)cc(C(C)(C)C)c2O)nc2c(-c3cc(-c4cc(-c5ccccc5)ccn4)cc(C(C)(C)C)c3)cccc21. The van der Waals surface area contributed by atoms with Crippen LogP contribution in [0.4, 0.5) is 0 Å². The number of pyridine rings is 1. The molecule has 0 atom stereocenters. The van der Waals surface area contributed by atoms with Gasteiger partial charge in [-0.3, -0.25) is 9.55 Å². The molecule has 0 aliphatic rings. The Balaban J connectivity index is 1.16. The van der Waals surface area contributed by atoms with Crippen molar-refractivity contribution in [2.24, 2.45) is 0 Å². The average molecular weight is 1010 g/mol. The van der Waals surface area contributed by atoms with E-state index in [9.17, 15) is 5.11 Å². The first-order valence-electron chi connectivity index (χ1n) is 27.4. The molecule has 11 rings (SSSR count). The number of furan rings is 1. The van der Waals surface area contributed by atoms with Gasteiger partial charge in [-0.1, -0.05) is 187 Å². The lowest BCUT2D eigenvalue weighted by molar-refractivity contribution is 0.446. The zero-order chi connectivity index (χ0) is 54.3. The Bertz CT molecular complexity index is 4010. The van der Waals surface area contributed by atoms with Crippen LogP contribution in [0.5, 0.6) is 5.75 Å². The molecule has 0 bridgehead atoms. The summed E-state index contributed by atoms with van der Waals surface area (Å²) in [4.78, 5) is 10.8. The van der Waals surface area contributed by atoms with Gasteiger partial charge < -0.3 is 9.52 Å². The molecule has 3 aromatic heterocycles. The molecule has 0 amide bonds. The van der Waals surface area contributed by atoms with Crippen LogP contribution in [-0.4, -0.2) is 19.6 Å². The number of rotatable bonds is 9. The number of para-hydroxylation sites is 1. The highest BCUT2D eigenvalue weighted by Crippen LogP contribution is 2.48. The first-order valence-corrected chi connectivity index (χ1v) is 27.4. The number of nitrogens with zero attached hydrogens (tertiary/aromatic N) is 3. The van der Waals surface area contributed by atoms with Gasteiger partial charge in [0.25, 0.3) is 0 Å². The molecular weight excluding hydrogens is 939 g/mol. The van der Waals surface area contributed by atoms with Crippen LogP contribution in [0, 0.1) is 0 Å². The Kier molecular flexibility index (Phi) is 12.8. The number of aromatic nitrogens is 3. The quantitative estimate of drug-likeness (QED) is 0.156. The van der Waals surface area contributed by atoms with Gasteiger partial charge in [-0.25, -0.2) is 4.98 Å². The van der Waals surface area contributed by atoms with Gasteiger partial charge >= 0.3 is 0 Å². The largest absolute Gasteiger partial charge is 0.507 e. The third kappa shape index (κ3) is 9.56. The van der Waals surface area contributed by atoms with E-state index in [1.807, 2.05) is 12.3 Å². The molecule has 0 radical (unpaired) electrons. The van der Waals surface area contributed by atoms with Gasteiger partial charge in [-0.05, 0) is 162 Å². The Labute approximate surface area is 455 Å². The predicted molar refractivity (Wildman–Crippen MR) is 325 cm³/mol. The number of benzene rings is 8. The molecule has 0 unspecified atom stereocenters. The van der Waals surface area contributed by atoms with Crippen LogP contribution in [0.25, 0.3) is 106 Å². The van der Waals surface area contributed by atoms with E-state index in [1.165, 1.54) is 16.7 Å².